The Labute approximate surface area is 80.1 Å². The molecule has 0 saturated heterocycles. The van der Waals surface area contributed by atoms with Crippen molar-refractivity contribution in [3.63, 3.8) is 0 Å². The molecule has 1 aromatic rings. The summed E-state index contributed by atoms with van der Waals surface area (Å²) >= 11 is 0. The number of aryl methyl sites for hydroxylation is 1. The number of likely N-dealkylation sites (N-methyl/N-ethyl adjacent to an activating group) is 1. The second-order valence-electron chi connectivity index (χ2n) is 3.32. The highest BCUT2D eigenvalue weighted by molar-refractivity contribution is 5.06. The summed E-state index contributed by atoms with van der Waals surface area (Å²) in [5.41, 5.74) is 2.32. The molecule has 13 heavy (non-hydrogen) atoms. The van der Waals surface area contributed by atoms with Crippen LogP contribution in [0.25, 0.3) is 0 Å². The number of H-pyrrole nitrogens is 1. The number of aromatic nitrogens is 2. The van der Waals surface area contributed by atoms with E-state index in [4.69, 9.17) is 0 Å². The first-order chi connectivity index (χ1) is 6.26. The van der Waals surface area contributed by atoms with Gasteiger partial charge in [0.05, 0.1) is 5.69 Å². The van der Waals surface area contributed by atoms with E-state index in [-0.39, 0.29) is 0 Å². The number of hydrogen-bond donors (Lipinski definition) is 1. The molecular weight excluding hydrogens is 162 g/mol. The van der Waals surface area contributed by atoms with Crippen molar-refractivity contribution in [3.05, 3.63) is 17.5 Å². The highest BCUT2D eigenvalue weighted by Crippen LogP contribution is 2.00. The third-order valence-electron chi connectivity index (χ3n) is 2.34. The standard InChI is InChI=1S/C10H19N3/c1-4-13(5-2)7-6-10-8-9(3)11-12-10/h8H,4-7H2,1-3H3,(H,11,12). The van der Waals surface area contributed by atoms with Gasteiger partial charge in [-0.15, -0.1) is 0 Å². The topological polar surface area (TPSA) is 31.9 Å². The molecule has 0 radical (unpaired) electrons. The fourth-order valence-electron chi connectivity index (χ4n) is 1.42. The van der Waals surface area contributed by atoms with Crippen LogP contribution in [-0.2, 0) is 6.42 Å². The summed E-state index contributed by atoms with van der Waals surface area (Å²) in [6.07, 6.45) is 1.05. The molecule has 0 atom stereocenters. The second-order valence-corrected chi connectivity index (χ2v) is 3.32. The Balaban J connectivity index is 2.33. The third-order valence-corrected chi connectivity index (χ3v) is 2.34. The maximum Gasteiger partial charge on any atom is 0.0637 e. The summed E-state index contributed by atoms with van der Waals surface area (Å²) in [4.78, 5) is 2.41. The van der Waals surface area contributed by atoms with Crippen LogP contribution in [0.3, 0.4) is 0 Å². The van der Waals surface area contributed by atoms with E-state index in [1.54, 1.807) is 0 Å². The van der Waals surface area contributed by atoms with Gasteiger partial charge in [-0.05, 0) is 26.1 Å². The second kappa shape index (κ2) is 5.02. The molecule has 1 aromatic heterocycles. The van der Waals surface area contributed by atoms with Gasteiger partial charge in [0.25, 0.3) is 0 Å². The lowest BCUT2D eigenvalue weighted by Crippen LogP contribution is -2.25. The SMILES string of the molecule is CCN(CC)CCc1cc(C)[nH]n1. The van der Waals surface area contributed by atoms with Gasteiger partial charge >= 0.3 is 0 Å². The zero-order chi connectivity index (χ0) is 9.68. The molecule has 0 aliphatic rings. The molecule has 74 valence electrons. The van der Waals surface area contributed by atoms with Crippen molar-refractivity contribution >= 4 is 0 Å². The van der Waals surface area contributed by atoms with Gasteiger partial charge in [0, 0.05) is 18.7 Å². The van der Waals surface area contributed by atoms with E-state index < -0.39 is 0 Å². The van der Waals surface area contributed by atoms with Gasteiger partial charge in [-0.25, -0.2) is 0 Å². The van der Waals surface area contributed by atoms with E-state index >= 15 is 0 Å². The molecule has 1 heterocycles. The average Bonchev–Trinajstić information content (AvgIpc) is 2.53. The van der Waals surface area contributed by atoms with Crippen molar-refractivity contribution < 1.29 is 0 Å². The van der Waals surface area contributed by atoms with Gasteiger partial charge in [0.1, 0.15) is 0 Å². The first kappa shape index (κ1) is 10.3. The van der Waals surface area contributed by atoms with Gasteiger partial charge in [-0.3, -0.25) is 5.10 Å². The van der Waals surface area contributed by atoms with Crippen LogP contribution >= 0.6 is 0 Å². The van der Waals surface area contributed by atoms with Crippen molar-refractivity contribution in [2.75, 3.05) is 19.6 Å². The molecule has 0 aliphatic heterocycles. The molecule has 0 spiro atoms. The van der Waals surface area contributed by atoms with E-state index in [1.807, 2.05) is 6.92 Å². The molecule has 0 unspecified atom stereocenters. The van der Waals surface area contributed by atoms with E-state index in [2.05, 4.69) is 35.0 Å². The Bertz CT molecular complexity index is 238. The van der Waals surface area contributed by atoms with E-state index in [0.29, 0.717) is 0 Å². The quantitative estimate of drug-likeness (QED) is 0.748. The van der Waals surface area contributed by atoms with Gasteiger partial charge in [-0.2, -0.15) is 5.10 Å². The van der Waals surface area contributed by atoms with Crippen molar-refractivity contribution in [2.24, 2.45) is 0 Å². The van der Waals surface area contributed by atoms with Crippen LogP contribution in [0.15, 0.2) is 6.07 Å². The lowest BCUT2D eigenvalue weighted by molar-refractivity contribution is 0.307. The van der Waals surface area contributed by atoms with Crippen molar-refractivity contribution in [2.45, 2.75) is 27.2 Å². The van der Waals surface area contributed by atoms with E-state index in [1.165, 1.54) is 5.69 Å². The van der Waals surface area contributed by atoms with Crippen LogP contribution in [0.1, 0.15) is 25.2 Å². The summed E-state index contributed by atoms with van der Waals surface area (Å²) < 4.78 is 0. The van der Waals surface area contributed by atoms with Crippen LogP contribution in [0.5, 0.6) is 0 Å². The number of nitrogens with zero attached hydrogens (tertiary/aromatic N) is 2. The lowest BCUT2D eigenvalue weighted by atomic mass is 10.2. The Hall–Kier alpha value is -0.830. The molecule has 0 fully saturated rings. The summed E-state index contributed by atoms with van der Waals surface area (Å²) in [5, 5.41) is 7.16. The van der Waals surface area contributed by atoms with Crippen LogP contribution in [0, 0.1) is 6.92 Å². The Morgan fingerprint density at radius 3 is 2.54 bits per heavy atom. The summed E-state index contributed by atoms with van der Waals surface area (Å²) in [5.74, 6) is 0. The van der Waals surface area contributed by atoms with Gasteiger partial charge < -0.3 is 4.90 Å². The van der Waals surface area contributed by atoms with Crippen molar-refractivity contribution in [1.29, 1.82) is 0 Å². The first-order valence-corrected chi connectivity index (χ1v) is 4.99. The van der Waals surface area contributed by atoms with Crippen LogP contribution in [0.4, 0.5) is 0 Å². The van der Waals surface area contributed by atoms with Gasteiger partial charge in [-0.1, -0.05) is 13.8 Å². The van der Waals surface area contributed by atoms with E-state index in [9.17, 15) is 0 Å². The maximum atomic E-state index is 4.20. The zero-order valence-corrected chi connectivity index (χ0v) is 8.80. The number of aromatic amines is 1. The first-order valence-electron chi connectivity index (χ1n) is 4.99. The van der Waals surface area contributed by atoms with Crippen molar-refractivity contribution in [1.82, 2.24) is 15.1 Å². The Kier molecular flexibility index (Phi) is 3.96. The molecule has 3 nitrogen and oxygen atoms in total. The third kappa shape index (κ3) is 3.19. The molecule has 1 rings (SSSR count). The fourth-order valence-corrected chi connectivity index (χ4v) is 1.42. The van der Waals surface area contributed by atoms with Gasteiger partial charge in [0.15, 0.2) is 0 Å². The molecule has 1 N–H and O–H groups in total. The highest BCUT2D eigenvalue weighted by Gasteiger charge is 2.01. The number of nitrogens with one attached hydrogen (secondary N) is 1. The lowest BCUT2D eigenvalue weighted by Gasteiger charge is -2.16. The maximum absolute atomic E-state index is 4.20. The van der Waals surface area contributed by atoms with E-state index in [0.717, 1.165) is 31.7 Å². The predicted molar refractivity (Wildman–Crippen MR) is 54.8 cm³/mol. The average molecular weight is 181 g/mol. The molecule has 0 aliphatic carbocycles. The van der Waals surface area contributed by atoms with Crippen LogP contribution < -0.4 is 0 Å². The minimum atomic E-state index is 1.05. The molecule has 3 heteroatoms. The largest absolute Gasteiger partial charge is 0.303 e. The summed E-state index contributed by atoms with van der Waals surface area (Å²) in [6.45, 7) is 9.78. The number of rotatable bonds is 5. The monoisotopic (exact) mass is 181 g/mol. The normalized spacial score (nSPS) is 11.1. The predicted octanol–water partition coefficient (Wildman–Crippen LogP) is 1.60. The number of hydrogen-bond acceptors (Lipinski definition) is 2. The molecule has 0 bridgehead atoms. The van der Waals surface area contributed by atoms with Crippen molar-refractivity contribution in [3.8, 4) is 0 Å². The Morgan fingerprint density at radius 1 is 1.38 bits per heavy atom. The van der Waals surface area contributed by atoms with Gasteiger partial charge in [0.2, 0.25) is 0 Å². The smallest absolute Gasteiger partial charge is 0.0637 e. The molecule has 0 amide bonds. The highest BCUT2D eigenvalue weighted by atomic mass is 15.1. The molecule has 0 saturated carbocycles. The molecular formula is C10H19N3. The van der Waals surface area contributed by atoms with Crippen LogP contribution in [0.2, 0.25) is 0 Å². The summed E-state index contributed by atoms with van der Waals surface area (Å²) in [7, 11) is 0. The zero-order valence-electron chi connectivity index (χ0n) is 8.80. The minimum absolute atomic E-state index is 1.05. The Morgan fingerprint density at radius 2 is 2.08 bits per heavy atom. The minimum Gasteiger partial charge on any atom is -0.303 e. The van der Waals surface area contributed by atoms with Crippen LogP contribution in [-0.4, -0.2) is 34.7 Å². The summed E-state index contributed by atoms with van der Waals surface area (Å²) in [6, 6.07) is 2.11. The fraction of sp³-hybridized carbons (Fsp3) is 0.700. The molecule has 0 aromatic carbocycles.